The maximum atomic E-state index is 10.6. The number of nitrogens with one attached hydrogen (secondary N) is 1. The van der Waals surface area contributed by atoms with Gasteiger partial charge >= 0.3 is 0 Å². The number of benzene rings is 1. The summed E-state index contributed by atoms with van der Waals surface area (Å²) >= 11 is 0. The van der Waals surface area contributed by atoms with Gasteiger partial charge in [-0.15, -0.1) is 0 Å². The summed E-state index contributed by atoms with van der Waals surface area (Å²) < 4.78 is 4.87. The molecule has 1 radical (unpaired) electrons. The van der Waals surface area contributed by atoms with E-state index in [0.717, 1.165) is 0 Å². The molecule has 65 valence electrons. The fourth-order valence-corrected chi connectivity index (χ4v) is 0.832. The molecule has 0 unspecified atom stereocenters. The van der Waals surface area contributed by atoms with Crippen molar-refractivity contribution in [3.8, 4) is 5.75 Å². The van der Waals surface area contributed by atoms with Crippen molar-refractivity contribution in [1.82, 2.24) is 0 Å². The van der Waals surface area contributed by atoms with Crippen molar-refractivity contribution in [1.29, 1.82) is 0 Å². The van der Waals surface area contributed by atoms with E-state index in [1.165, 1.54) is 7.11 Å². The summed E-state index contributed by atoms with van der Waals surface area (Å²) in [5.41, 5.74) is 7.14. The van der Waals surface area contributed by atoms with Gasteiger partial charge in [-0.25, -0.2) is 0 Å². The quantitative estimate of drug-likeness (QED) is 0.828. The number of hydrogen-bond acceptors (Lipinski definition) is 2. The third-order valence-corrected chi connectivity index (χ3v) is 1.35. The van der Waals surface area contributed by atoms with E-state index in [1.54, 1.807) is 24.3 Å². The normalized spacial score (nSPS) is 8.42. The van der Waals surface area contributed by atoms with Gasteiger partial charge < -0.3 is 15.3 Å². The van der Waals surface area contributed by atoms with Gasteiger partial charge in [0.2, 0.25) is 0 Å². The summed E-state index contributed by atoms with van der Waals surface area (Å²) in [7, 11) is 1.47. The second kappa shape index (κ2) is 4.92. The molecule has 1 N–H and O–H groups in total. The summed E-state index contributed by atoms with van der Waals surface area (Å²) in [6.07, 6.45) is 0. The number of para-hydroxylation sites is 1. The Morgan fingerprint density at radius 3 is 2.42 bits per heavy atom. The van der Waals surface area contributed by atoms with Crippen LogP contribution in [0.5, 0.6) is 5.75 Å². The third kappa shape index (κ3) is 2.33. The molecule has 4 heteroatoms. The van der Waals surface area contributed by atoms with E-state index in [-0.39, 0.29) is 20.4 Å². The van der Waals surface area contributed by atoms with Crippen LogP contribution >= 0.6 is 0 Å². The van der Waals surface area contributed by atoms with Crippen molar-refractivity contribution in [2.24, 2.45) is 0 Å². The molecule has 3 nitrogen and oxygen atoms in total. The minimum atomic E-state index is -0.720. The number of methoxy groups -OCH3 is 1. The number of rotatable bonds is 2. The zero-order valence-corrected chi connectivity index (χ0v) is 9.22. The molecule has 0 saturated carbocycles. The van der Waals surface area contributed by atoms with Crippen LogP contribution < -0.4 is 4.74 Å². The van der Waals surface area contributed by atoms with E-state index in [1.807, 2.05) is 0 Å². The Kier molecular flexibility index (Phi) is 4.57. The molecule has 1 rings (SSSR count). The Hall–Kier alpha value is -0.848. The topological polar surface area (TPSA) is 50.1 Å². The van der Waals surface area contributed by atoms with Crippen molar-refractivity contribution in [3.63, 3.8) is 0 Å². The van der Waals surface area contributed by atoms with E-state index in [2.05, 4.69) is 0 Å². The Bertz CT molecular complexity index is 276. The van der Waals surface area contributed by atoms with Gasteiger partial charge in [-0.3, -0.25) is 0 Å². The zero-order valence-electron chi connectivity index (χ0n) is 6.50. The smallest absolute Gasteiger partial charge is 0.128 e. The van der Waals surface area contributed by atoms with E-state index < -0.39 is 5.91 Å². The monoisotopic (exact) mass is 337 g/mol. The number of amides is 1. The average Bonchev–Trinajstić information content (AvgIpc) is 2.04. The standard InChI is InChI=1S/C8H9NO2.Re/c1-11-7-5-3-2-4-6(7)8(9)10;/h2-5H,1H3,(H2,9,10);/p-1. The maximum absolute atomic E-state index is 10.6. The Morgan fingerprint density at radius 2 is 2.00 bits per heavy atom. The van der Waals surface area contributed by atoms with Crippen LogP contribution in [-0.4, -0.2) is 13.0 Å². The number of carbonyl (C=O) groups is 1. The Balaban J connectivity index is 0.00000121. The molecule has 0 saturated heterocycles. The number of carbonyl (C=O) groups excluding carboxylic acids is 1. The van der Waals surface area contributed by atoms with Crippen LogP contribution in [0.2, 0.25) is 0 Å². The van der Waals surface area contributed by atoms with Crippen LogP contribution in [0.15, 0.2) is 24.3 Å². The maximum Gasteiger partial charge on any atom is 0.128 e. The Morgan fingerprint density at radius 1 is 1.42 bits per heavy atom. The molecular weight excluding hydrogens is 328 g/mol. The molecule has 0 aliphatic heterocycles. The van der Waals surface area contributed by atoms with E-state index >= 15 is 0 Å². The minimum absolute atomic E-state index is 0. The predicted molar refractivity (Wildman–Crippen MR) is 41.6 cm³/mol. The number of hydrogen-bond donors (Lipinski definition) is 0. The van der Waals surface area contributed by atoms with Crippen molar-refractivity contribution in [2.75, 3.05) is 7.11 Å². The average molecular weight is 336 g/mol. The van der Waals surface area contributed by atoms with Crippen molar-refractivity contribution < 1.29 is 30.0 Å². The largest absolute Gasteiger partial charge is 0.663 e. The molecule has 0 aliphatic rings. The van der Waals surface area contributed by atoms with Crippen LogP contribution in [0.25, 0.3) is 5.73 Å². The first-order valence-electron chi connectivity index (χ1n) is 3.14. The molecule has 1 amide bonds. The van der Waals surface area contributed by atoms with Gasteiger partial charge in [-0.1, -0.05) is 12.1 Å². The second-order valence-electron chi connectivity index (χ2n) is 2.03. The molecule has 0 heterocycles. The summed E-state index contributed by atoms with van der Waals surface area (Å²) in [4.78, 5) is 10.6. The van der Waals surface area contributed by atoms with Gasteiger partial charge in [-0.05, 0) is 12.1 Å². The fourth-order valence-electron chi connectivity index (χ4n) is 0.832. The molecule has 1 aromatic rings. The molecule has 0 atom stereocenters. The van der Waals surface area contributed by atoms with E-state index in [9.17, 15) is 4.79 Å². The summed E-state index contributed by atoms with van der Waals surface area (Å²) in [5.74, 6) is -0.269. The minimum Gasteiger partial charge on any atom is -0.663 e. The molecule has 1 aromatic carbocycles. The molecule has 0 aliphatic carbocycles. The van der Waals surface area contributed by atoms with Gasteiger partial charge in [-0.2, -0.15) is 0 Å². The van der Waals surface area contributed by atoms with Crippen molar-refractivity contribution >= 4 is 5.91 Å². The number of ether oxygens (including phenoxy) is 1. The van der Waals surface area contributed by atoms with Crippen LogP contribution in [0.3, 0.4) is 0 Å². The molecule has 0 spiro atoms. The summed E-state index contributed by atoms with van der Waals surface area (Å²) in [6.45, 7) is 0. The summed E-state index contributed by atoms with van der Waals surface area (Å²) in [6, 6.07) is 6.67. The first kappa shape index (κ1) is 11.2. The first-order valence-corrected chi connectivity index (χ1v) is 3.14. The van der Waals surface area contributed by atoms with Crippen molar-refractivity contribution in [2.45, 2.75) is 0 Å². The molecule has 12 heavy (non-hydrogen) atoms. The van der Waals surface area contributed by atoms with Gasteiger partial charge in [0.05, 0.1) is 13.0 Å². The predicted octanol–water partition coefficient (Wildman–Crippen LogP) is 1.89. The van der Waals surface area contributed by atoms with Crippen LogP contribution in [0, 0.1) is 0 Å². The fraction of sp³-hybridized carbons (Fsp3) is 0.125. The molecule has 0 fully saturated rings. The second-order valence-corrected chi connectivity index (χ2v) is 2.03. The van der Waals surface area contributed by atoms with Gasteiger partial charge in [0, 0.05) is 26.0 Å². The molecule has 0 aromatic heterocycles. The summed E-state index contributed by atoms with van der Waals surface area (Å²) in [5, 5.41) is 0. The molecular formula is C8H8NO2Re-. The van der Waals surface area contributed by atoms with Gasteiger partial charge in [0.15, 0.2) is 0 Å². The third-order valence-electron chi connectivity index (χ3n) is 1.35. The van der Waals surface area contributed by atoms with Crippen LogP contribution in [0.1, 0.15) is 10.4 Å². The van der Waals surface area contributed by atoms with E-state index in [4.69, 9.17) is 10.5 Å². The Labute approximate surface area is 84.6 Å². The first-order chi connectivity index (χ1) is 5.25. The molecule has 0 bridgehead atoms. The van der Waals surface area contributed by atoms with Crippen LogP contribution in [0.4, 0.5) is 0 Å². The van der Waals surface area contributed by atoms with Crippen LogP contribution in [-0.2, 0) is 20.4 Å². The zero-order chi connectivity index (χ0) is 8.27. The SMILES string of the molecule is COc1ccccc1C([NH-])=O.[Re]. The van der Waals surface area contributed by atoms with Gasteiger partial charge in [0.1, 0.15) is 5.75 Å². The van der Waals surface area contributed by atoms with E-state index in [0.29, 0.717) is 11.3 Å². The van der Waals surface area contributed by atoms with Crippen molar-refractivity contribution in [3.05, 3.63) is 35.6 Å². The van der Waals surface area contributed by atoms with Gasteiger partial charge in [0.25, 0.3) is 0 Å².